The largest absolute Gasteiger partial charge is 0.332 e. The van der Waals surface area contributed by atoms with Gasteiger partial charge in [-0.05, 0) is 15.9 Å². The number of rotatable bonds is 2. The Morgan fingerprint density at radius 1 is 1.57 bits per heavy atom. The van der Waals surface area contributed by atoms with E-state index >= 15 is 0 Å². The Hall–Kier alpha value is -1.18. The third-order valence-corrected chi connectivity index (χ3v) is 1.74. The van der Waals surface area contributed by atoms with E-state index in [0.717, 1.165) is 0 Å². The van der Waals surface area contributed by atoms with E-state index in [9.17, 15) is 23.3 Å². The average Bonchev–Trinajstić information content (AvgIpc) is 2.01. The van der Waals surface area contributed by atoms with Crippen LogP contribution in [-0.4, -0.2) is 9.91 Å². The van der Waals surface area contributed by atoms with E-state index in [2.05, 4.69) is 20.9 Å². The van der Waals surface area contributed by atoms with Gasteiger partial charge in [-0.2, -0.15) is 4.39 Å². The number of nitro groups is 1. The Morgan fingerprint density at radius 3 is 2.57 bits per heavy atom. The molecule has 0 aliphatic heterocycles. The second-order valence-corrected chi connectivity index (χ2v) is 3.03. The van der Waals surface area contributed by atoms with Gasteiger partial charge in [0.25, 0.3) is 6.43 Å². The van der Waals surface area contributed by atoms with Crippen LogP contribution in [0, 0.1) is 15.9 Å². The Balaban J connectivity index is 3.44. The molecule has 0 unspecified atom stereocenters. The predicted octanol–water partition coefficient (Wildman–Crippen LogP) is 2.83. The minimum atomic E-state index is -3.19. The van der Waals surface area contributed by atoms with Crippen molar-refractivity contribution >= 4 is 21.6 Å². The van der Waals surface area contributed by atoms with E-state index < -0.39 is 28.5 Å². The molecule has 1 aromatic rings. The van der Waals surface area contributed by atoms with E-state index in [1.165, 1.54) is 0 Å². The number of pyridine rings is 1. The molecular weight excluding hydrogens is 269 g/mol. The van der Waals surface area contributed by atoms with Gasteiger partial charge in [-0.15, -0.1) is 0 Å². The van der Waals surface area contributed by atoms with Gasteiger partial charge in [-0.25, -0.2) is 13.8 Å². The van der Waals surface area contributed by atoms with Gasteiger partial charge in [0.1, 0.15) is 4.60 Å². The van der Waals surface area contributed by atoms with Crippen molar-refractivity contribution in [2.75, 3.05) is 0 Å². The van der Waals surface area contributed by atoms with E-state index in [0.29, 0.717) is 6.07 Å². The van der Waals surface area contributed by atoms with Gasteiger partial charge >= 0.3 is 5.69 Å². The molecule has 1 heterocycles. The maximum atomic E-state index is 12.9. The fourth-order valence-corrected chi connectivity index (χ4v) is 1.22. The molecule has 76 valence electrons. The third-order valence-electron chi connectivity index (χ3n) is 1.33. The first-order chi connectivity index (χ1) is 6.43. The maximum absolute atomic E-state index is 12.9. The Bertz CT molecular complexity index is 386. The first-order valence-corrected chi connectivity index (χ1v) is 4.01. The number of alkyl halides is 2. The molecule has 0 aromatic carbocycles. The van der Waals surface area contributed by atoms with Gasteiger partial charge in [0.05, 0.1) is 4.92 Å². The third kappa shape index (κ3) is 2.00. The van der Waals surface area contributed by atoms with Crippen LogP contribution in [0.25, 0.3) is 0 Å². The lowest BCUT2D eigenvalue weighted by Gasteiger charge is -2.01. The predicted molar refractivity (Wildman–Crippen MR) is 43.5 cm³/mol. The molecule has 8 heteroatoms. The SMILES string of the molecule is O=[N+]([O-])c1c(F)cc(Br)nc1C(F)F. The molecule has 0 N–H and O–H groups in total. The van der Waals surface area contributed by atoms with Crippen molar-refractivity contribution in [1.29, 1.82) is 0 Å². The second-order valence-electron chi connectivity index (χ2n) is 2.22. The van der Waals surface area contributed by atoms with Gasteiger partial charge in [0.15, 0.2) is 5.69 Å². The number of nitrogens with zero attached hydrogens (tertiary/aromatic N) is 2. The summed E-state index contributed by atoms with van der Waals surface area (Å²) >= 11 is 2.66. The summed E-state index contributed by atoms with van der Waals surface area (Å²) in [6.45, 7) is 0. The molecule has 0 bridgehead atoms. The van der Waals surface area contributed by atoms with Crippen LogP contribution in [0.2, 0.25) is 0 Å². The minimum absolute atomic E-state index is 0.212. The Labute approximate surface area is 84.0 Å². The topological polar surface area (TPSA) is 56.0 Å². The highest BCUT2D eigenvalue weighted by Gasteiger charge is 2.28. The van der Waals surface area contributed by atoms with Gasteiger partial charge in [-0.1, -0.05) is 0 Å². The number of hydrogen-bond donors (Lipinski definition) is 0. The van der Waals surface area contributed by atoms with Crippen LogP contribution < -0.4 is 0 Å². The molecule has 4 nitrogen and oxygen atoms in total. The van der Waals surface area contributed by atoms with Gasteiger partial charge in [0, 0.05) is 6.07 Å². The van der Waals surface area contributed by atoms with Crippen LogP contribution in [0.1, 0.15) is 12.1 Å². The molecule has 0 saturated carbocycles. The normalized spacial score (nSPS) is 10.6. The smallest absolute Gasteiger partial charge is 0.258 e. The van der Waals surface area contributed by atoms with Crippen LogP contribution in [-0.2, 0) is 0 Å². The highest BCUT2D eigenvalue weighted by Crippen LogP contribution is 2.30. The number of aromatic nitrogens is 1. The van der Waals surface area contributed by atoms with Crippen LogP contribution in [0.4, 0.5) is 18.9 Å². The Morgan fingerprint density at radius 2 is 2.14 bits per heavy atom. The van der Waals surface area contributed by atoms with Gasteiger partial charge in [0.2, 0.25) is 5.82 Å². The first-order valence-electron chi connectivity index (χ1n) is 3.22. The van der Waals surface area contributed by atoms with Crippen molar-refractivity contribution in [3.8, 4) is 0 Å². The van der Waals surface area contributed by atoms with Crippen molar-refractivity contribution in [3.05, 3.63) is 32.3 Å². The van der Waals surface area contributed by atoms with Crippen molar-refractivity contribution in [1.82, 2.24) is 4.98 Å². The zero-order chi connectivity index (χ0) is 10.9. The highest BCUT2D eigenvalue weighted by molar-refractivity contribution is 9.10. The summed E-state index contributed by atoms with van der Waals surface area (Å²) in [6, 6.07) is 0.657. The summed E-state index contributed by atoms with van der Waals surface area (Å²) in [6.07, 6.45) is -3.19. The summed E-state index contributed by atoms with van der Waals surface area (Å²) in [5.41, 5.74) is -2.47. The van der Waals surface area contributed by atoms with Crippen molar-refractivity contribution in [2.24, 2.45) is 0 Å². The molecular formula is C6H2BrF3N2O2. The van der Waals surface area contributed by atoms with E-state index in [-0.39, 0.29) is 4.60 Å². The van der Waals surface area contributed by atoms with Crippen LogP contribution in [0.15, 0.2) is 10.7 Å². The average molecular weight is 271 g/mol. The fourth-order valence-electron chi connectivity index (χ4n) is 0.828. The van der Waals surface area contributed by atoms with Crippen LogP contribution in [0.3, 0.4) is 0 Å². The van der Waals surface area contributed by atoms with Gasteiger partial charge in [-0.3, -0.25) is 10.1 Å². The van der Waals surface area contributed by atoms with E-state index in [1.54, 1.807) is 0 Å². The molecule has 0 fully saturated rings. The first kappa shape index (κ1) is 10.9. The lowest BCUT2D eigenvalue weighted by atomic mass is 10.3. The number of hydrogen-bond acceptors (Lipinski definition) is 3. The molecule has 0 spiro atoms. The minimum Gasteiger partial charge on any atom is -0.258 e. The molecule has 0 amide bonds. The standard InChI is InChI=1S/C6H2BrF3N2O2/c7-3-1-2(8)5(12(13)14)4(11-3)6(9)10/h1,6H. The zero-order valence-electron chi connectivity index (χ0n) is 6.38. The van der Waals surface area contributed by atoms with E-state index in [1.807, 2.05) is 0 Å². The second kappa shape index (κ2) is 3.91. The fraction of sp³-hybridized carbons (Fsp3) is 0.167. The molecule has 14 heavy (non-hydrogen) atoms. The quantitative estimate of drug-likeness (QED) is 0.472. The molecule has 0 radical (unpaired) electrons. The van der Waals surface area contributed by atoms with Crippen LogP contribution in [0.5, 0.6) is 0 Å². The molecule has 0 aliphatic carbocycles. The van der Waals surface area contributed by atoms with Crippen LogP contribution >= 0.6 is 15.9 Å². The molecule has 1 aromatic heterocycles. The summed E-state index contributed by atoms with van der Waals surface area (Å²) in [4.78, 5) is 12.1. The summed E-state index contributed by atoms with van der Waals surface area (Å²) in [7, 11) is 0. The van der Waals surface area contributed by atoms with Crippen molar-refractivity contribution < 1.29 is 18.1 Å². The Kier molecular flexibility index (Phi) is 3.04. The molecule has 1 rings (SSSR count). The summed E-state index contributed by atoms with van der Waals surface area (Å²) in [5.74, 6) is -1.34. The number of halogens is 4. The maximum Gasteiger partial charge on any atom is 0.332 e. The van der Waals surface area contributed by atoms with Crippen molar-refractivity contribution in [2.45, 2.75) is 6.43 Å². The lowest BCUT2D eigenvalue weighted by Crippen LogP contribution is -2.02. The van der Waals surface area contributed by atoms with Gasteiger partial charge < -0.3 is 0 Å². The summed E-state index contributed by atoms with van der Waals surface area (Å²) in [5, 5.41) is 10.2. The lowest BCUT2D eigenvalue weighted by molar-refractivity contribution is -0.389. The highest BCUT2D eigenvalue weighted by atomic mass is 79.9. The monoisotopic (exact) mass is 270 g/mol. The van der Waals surface area contributed by atoms with E-state index in [4.69, 9.17) is 0 Å². The molecule has 0 atom stereocenters. The molecule has 0 aliphatic rings. The zero-order valence-corrected chi connectivity index (χ0v) is 7.96. The summed E-state index contributed by atoms with van der Waals surface area (Å²) < 4.78 is 37.1. The van der Waals surface area contributed by atoms with Crippen molar-refractivity contribution in [3.63, 3.8) is 0 Å². The molecule has 0 saturated heterocycles.